The standard InChI is InChI=1S/C27H47NO2/c1-4-6-8-10-12-18-27(29)30-22-26-20-24(16-11-9-7-5-2)19-25(21-26)17-14-13-15-23(3)28/h19-21,23H,4-18,22,28H2,1-3H3. The fourth-order valence-electron chi connectivity index (χ4n) is 3.87. The normalized spacial score (nSPS) is 12.1. The van der Waals surface area contributed by atoms with Crippen molar-refractivity contribution in [2.24, 2.45) is 5.73 Å². The van der Waals surface area contributed by atoms with Crippen LogP contribution in [-0.4, -0.2) is 12.0 Å². The Balaban J connectivity index is 2.56. The van der Waals surface area contributed by atoms with Gasteiger partial charge in [0.25, 0.3) is 0 Å². The minimum atomic E-state index is -0.0571. The molecule has 1 aromatic rings. The van der Waals surface area contributed by atoms with Gasteiger partial charge in [-0.1, -0.05) is 83.4 Å². The molecule has 0 fully saturated rings. The summed E-state index contributed by atoms with van der Waals surface area (Å²) in [6.45, 7) is 6.94. The number of benzene rings is 1. The van der Waals surface area contributed by atoms with Crippen molar-refractivity contribution in [3.63, 3.8) is 0 Å². The van der Waals surface area contributed by atoms with Gasteiger partial charge in [-0.15, -0.1) is 0 Å². The summed E-state index contributed by atoms with van der Waals surface area (Å²) >= 11 is 0. The maximum Gasteiger partial charge on any atom is 0.306 e. The average molecular weight is 418 g/mol. The lowest BCUT2D eigenvalue weighted by Crippen LogP contribution is -2.14. The van der Waals surface area contributed by atoms with Crippen LogP contribution in [0.4, 0.5) is 0 Å². The van der Waals surface area contributed by atoms with Crippen LogP contribution in [0.15, 0.2) is 18.2 Å². The predicted molar refractivity (Wildman–Crippen MR) is 129 cm³/mol. The number of hydrogen-bond acceptors (Lipinski definition) is 3. The van der Waals surface area contributed by atoms with Crippen LogP contribution in [0.3, 0.4) is 0 Å². The number of carbonyl (C=O) groups excluding carboxylic acids is 1. The predicted octanol–water partition coefficient (Wildman–Crippen LogP) is 7.27. The monoisotopic (exact) mass is 417 g/mol. The molecule has 0 saturated carbocycles. The number of aryl methyl sites for hydroxylation is 2. The molecule has 0 aliphatic carbocycles. The van der Waals surface area contributed by atoms with Crippen molar-refractivity contribution in [2.45, 2.75) is 130 Å². The highest BCUT2D eigenvalue weighted by Gasteiger charge is 2.07. The first-order valence-electron chi connectivity index (χ1n) is 12.6. The van der Waals surface area contributed by atoms with Gasteiger partial charge in [0, 0.05) is 12.5 Å². The van der Waals surface area contributed by atoms with Gasteiger partial charge in [0.05, 0.1) is 0 Å². The summed E-state index contributed by atoms with van der Waals surface area (Å²) < 4.78 is 5.59. The number of unbranched alkanes of at least 4 members (excludes halogenated alkanes) is 8. The highest BCUT2D eigenvalue weighted by molar-refractivity contribution is 5.69. The molecule has 0 amide bonds. The topological polar surface area (TPSA) is 52.3 Å². The second-order valence-corrected chi connectivity index (χ2v) is 9.02. The first-order valence-corrected chi connectivity index (χ1v) is 12.6. The first kappa shape index (κ1) is 26.7. The van der Waals surface area contributed by atoms with Crippen molar-refractivity contribution in [3.8, 4) is 0 Å². The Kier molecular flexibility index (Phi) is 15.4. The van der Waals surface area contributed by atoms with Gasteiger partial charge in [-0.25, -0.2) is 0 Å². The number of hydrogen-bond donors (Lipinski definition) is 1. The van der Waals surface area contributed by atoms with Gasteiger partial charge in [-0.3, -0.25) is 4.79 Å². The molecule has 0 heterocycles. The van der Waals surface area contributed by atoms with Crippen molar-refractivity contribution in [2.75, 3.05) is 0 Å². The van der Waals surface area contributed by atoms with E-state index in [0.717, 1.165) is 44.1 Å². The van der Waals surface area contributed by atoms with E-state index in [0.29, 0.717) is 13.0 Å². The minimum absolute atomic E-state index is 0.0571. The quantitative estimate of drug-likeness (QED) is 0.202. The van der Waals surface area contributed by atoms with Crippen molar-refractivity contribution < 1.29 is 9.53 Å². The van der Waals surface area contributed by atoms with Crippen LogP contribution in [0.1, 0.15) is 121 Å². The summed E-state index contributed by atoms with van der Waals surface area (Å²) in [6.07, 6.45) is 17.0. The Morgan fingerprint density at radius 3 is 1.93 bits per heavy atom. The van der Waals surface area contributed by atoms with Gasteiger partial charge < -0.3 is 10.5 Å². The van der Waals surface area contributed by atoms with E-state index in [1.165, 1.54) is 62.5 Å². The number of esters is 1. The lowest BCUT2D eigenvalue weighted by Gasteiger charge is -2.12. The van der Waals surface area contributed by atoms with Crippen LogP contribution >= 0.6 is 0 Å². The smallest absolute Gasteiger partial charge is 0.306 e. The summed E-state index contributed by atoms with van der Waals surface area (Å²) in [7, 11) is 0. The van der Waals surface area contributed by atoms with Gasteiger partial charge in [-0.2, -0.15) is 0 Å². The fourth-order valence-corrected chi connectivity index (χ4v) is 3.87. The largest absolute Gasteiger partial charge is 0.461 e. The molecule has 1 atom stereocenters. The molecule has 0 saturated heterocycles. The van der Waals surface area contributed by atoms with E-state index in [9.17, 15) is 4.79 Å². The molecule has 0 spiro atoms. The lowest BCUT2D eigenvalue weighted by molar-refractivity contribution is -0.145. The van der Waals surface area contributed by atoms with Gasteiger partial charge >= 0.3 is 5.97 Å². The molecule has 1 aromatic carbocycles. The highest BCUT2D eigenvalue weighted by Crippen LogP contribution is 2.18. The first-order chi connectivity index (χ1) is 14.5. The van der Waals surface area contributed by atoms with E-state index in [4.69, 9.17) is 10.5 Å². The van der Waals surface area contributed by atoms with Gasteiger partial charge in [-0.05, 0) is 62.1 Å². The van der Waals surface area contributed by atoms with E-state index in [-0.39, 0.29) is 12.0 Å². The Labute approximate surface area is 186 Å². The molecule has 3 nitrogen and oxygen atoms in total. The summed E-state index contributed by atoms with van der Waals surface area (Å²) in [5, 5.41) is 0. The van der Waals surface area contributed by atoms with Crippen molar-refractivity contribution in [1.29, 1.82) is 0 Å². The molecule has 1 unspecified atom stereocenters. The molecule has 0 aliphatic rings. The molecule has 0 bridgehead atoms. The van der Waals surface area contributed by atoms with Crippen molar-refractivity contribution in [1.82, 2.24) is 0 Å². The Morgan fingerprint density at radius 1 is 0.800 bits per heavy atom. The van der Waals surface area contributed by atoms with E-state index in [1.807, 2.05) is 0 Å². The zero-order valence-electron chi connectivity index (χ0n) is 20.0. The highest BCUT2D eigenvalue weighted by atomic mass is 16.5. The van der Waals surface area contributed by atoms with E-state index >= 15 is 0 Å². The molecule has 3 heteroatoms. The van der Waals surface area contributed by atoms with Crippen molar-refractivity contribution in [3.05, 3.63) is 34.9 Å². The zero-order valence-corrected chi connectivity index (χ0v) is 20.0. The average Bonchev–Trinajstić information content (AvgIpc) is 2.72. The van der Waals surface area contributed by atoms with Gasteiger partial charge in [0.2, 0.25) is 0 Å². The van der Waals surface area contributed by atoms with E-state index in [2.05, 4.69) is 39.0 Å². The van der Waals surface area contributed by atoms with Gasteiger partial charge in [0.15, 0.2) is 0 Å². The van der Waals surface area contributed by atoms with Crippen LogP contribution in [0.25, 0.3) is 0 Å². The second-order valence-electron chi connectivity index (χ2n) is 9.02. The summed E-state index contributed by atoms with van der Waals surface area (Å²) in [5.74, 6) is -0.0571. The Bertz CT molecular complexity index is 568. The molecule has 1 rings (SSSR count). The third kappa shape index (κ3) is 13.8. The van der Waals surface area contributed by atoms with Crippen LogP contribution in [0, 0.1) is 0 Å². The number of carbonyl (C=O) groups is 1. The minimum Gasteiger partial charge on any atom is -0.461 e. The van der Waals surface area contributed by atoms with Crippen molar-refractivity contribution >= 4 is 5.97 Å². The number of nitrogens with two attached hydrogens (primary N) is 1. The molecular weight excluding hydrogens is 370 g/mol. The van der Waals surface area contributed by atoms with E-state index < -0.39 is 0 Å². The molecular formula is C27H47NO2. The molecule has 0 aromatic heterocycles. The maximum atomic E-state index is 12.1. The lowest BCUT2D eigenvalue weighted by atomic mass is 9.97. The molecule has 30 heavy (non-hydrogen) atoms. The number of rotatable bonds is 18. The molecule has 172 valence electrons. The Morgan fingerprint density at radius 2 is 1.33 bits per heavy atom. The van der Waals surface area contributed by atoms with Crippen LogP contribution < -0.4 is 5.73 Å². The van der Waals surface area contributed by atoms with Crippen LogP contribution in [-0.2, 0) is 29.0 Å². The maximum absolute atomic E-state index is 12.1. The third-order valence-electron chi connectivity index (χ3n) is 5.69. The van der Waals surface area contributed by atoms with Gasteiger partial charge in [0.1, 0.15) is 6.61 Å². The SMILES string of the molecule is CCCCCCCC(=O)OCc1cc(CCCCCC)cc(CCCCC(C)N)c1. The second kappa shape index (κ2) is 17.3. The van der Waals surface area contributed by atoms with E-state index in [1.54, 1.807) is 0 Å². The molecule has 0 radical (unpaired) electrons. The molecule has 0 aliphatic heterocycles. The zero-order chi connectivity index (χ0) is 22.0. The van der Waals surface area contributed by atoms with Crippen LogP contribution in [0.2, 0.25) is 0 Å². The Hall–Kier alpha value is -1.35. The van der Waals surface area contributed by atoms with Crippen LogP contribution in [0.5, 0.6) is 0 Å². The number of ether oxygens (including phenoxy) is 1. The third-order valence-corrected chi connectivity index (χ3v) is 5.69. The fraction of sp³-hybridized carbons (Fsp3) is 0.741. The molecule has 2 N–H and O–H groups in total. The summed E-state index contributed by atoms with van der Waals surface area (Å²) in [4.78, 5) is 12.1. The summed E-state index contributed by atoms with van der Waals surface area (Å²) in [5.41, 5.74) is 9.78. The summed E-state index contributed by atoms with van der Waals surface area (Å²) in [6, 6.07) is 7.12.